The SMILES string of the molecule is Cc1cc(CNc2cc(NN)nc(C(C)(C)C)n2)on1. The van der Waals surface area contributed by atoms with E-state index < -0.39 is 0 Å². The van der Waals surface area contributed by atoms with E-state index in [1.807, 2.05) is 33.8 Å². The van der Waals surface area contributed by atoms with Gasteiger partial charge in [0.15, 0.2) is 5.76 Å². The zero-order valence-corrected chi connectivity index (χ0v) is 12.2. The molecule has 0 aliphatic rings. The summed E-state index contributed by atoms with van der Waals surface area (Å²) in [6.07, 6.45) is 0. The topological polar surface area (TPSA) is 102 Å². The molecule has 0 aliphatic heterocycles. The van der Waals surface area contributed by atoms with Crippen molar-refractivity contribution in [3.8, 4) is 0 Å². The van der Waals surface area contributed by atoms with E-state index in [-0.39, 0.29) is 5.41 Å². The Morgan fingerprint density at radius 1 is 1.20 bits per heavy atom. The molecule has 20 heavy (non-hydrogen) atoms. The largest absolute Gasteiger partial charge is 0.363 e. The number of hydrogen-bond donors (Lipinski definition) is 3. The molecule has 0 radical (unpaired) electrons. The van der Waals surface area contributed by atoms with Crippen LogP contribution in [0.25, 0.3) is 0 Å². The van der Waals surface area contributed by atoms with E-state index in [2.05, 4.69) is 25.9 Å². The second-order valence-electron chi connectivity index (χ2n) is 5.64. The molecule has 0 bridgehead atoms. The lowest BCUT2D eigenvalue weighted by atomic mass is 9.96. The van der Waals surface area contributed by atoms with Crippen LogP contribution < -0.4 is 16.6 Å². The number of hydrogen-bond acceptors (Lipinski definition) is 7. The number of nitrogens with zero attached hydrogens (tertiary/aromatic N) is 3. The average Bonchev–Trinajstić information content (AvgIpc) is 2.81. The molecule has 2 rings (SSSR count). The van der Waals surface area contributed by atoms with Crippen LogP contribution in [0.15, 0.2) is 16.7 Å². The molecule has 0 saturated heterocycles. The Hall–Kier alpha value is -2.15. The smallest absolute Gasteiger partial charge is 0.156 e. The second-order valence-corrected chi connectivity index (χ2v) is 5.64. The number of nitrogen functional groups attached to an aromatic ring is 1. The number of hydrazine groups is 1. The van der Waals surface area contributed by atoms with Gasteiger partial charge < -0.3 is 15.3 Å². The molecule has 2 aromatic heterocycles. The Morgan fingerprint density at radius 3 is 2.45 bits per heavy atom. The van der Waals surface area contributed by atoms with Gasteiger partial charge in [-0.25, -0.2) is 15.8 Å². The fourth-order valence-corrected chi connectivity index (χ4v) is 1.62. The van der Waals surface area contributed by atoms with Gasteiger partial charge in [-0.2, -0.15) is 0 Å². The minimum atomic E-state index is -0.161. The Kier molecular flexibility index (Phi) is 3.89. The summed E-state index contributed by atoms with van der Waals surface area (Å²) >= 11 is 0. The summed E-state index contributed by atoms with van der Waals surface area (Å²) < 4.78 is 5.14. The molecule has 0 unspecified atom stereocenters. The standard InChI is InChI=1S/C13H20N6O/c1-8-5-9(20-19-8)7-15-10-6-11(18-14)17-12(16-10)13(2,3)4/h5-6H,7,14H2,1-4H3,(H2,15,16,17,18). The molecule has 7 heteroatoms. The highest BCUT2D eigenvalue weighted by Crippen LogP contribution is 2.22. The molecule has 0 fully saturated rings. The van der Waals surface area contributed by atoms with Crippen LogP contribution in [0.5, 0.6) is 0 Å². The van der Waals surface area contributed by atoms with Gasteiger partial charge in [0.2, 0.25) is 0 Å². The van der Waals surface area contributed by atoms with Gasteiger partial charge in [-0.3, -0.25) is 0 Å². The summed E-state index contributed by atoms with van der Waals surface area (Å²) in [6, 6.07) is 3.62. The van der Waals surface area contributed by atoms with Gasteiger partial charge in [-0.05, 0) is 6.92 Å². The molecule has 0 spiro atoms. The summed E-state index contributed by atoms with van der Waals surface area (Å²) in [6.45, 7) is 8.53. The first-order valence-corrected chi connectivity index (χ1v) is 6.41. The van der Waals surface area contributed by atoms with Crippen molar-refractivity contribution < 1.29 is 4.52 Å². The number of nitrogens with two attached hydrogens (primary N) is 1. The minimum absolute atomic E-state index is 0.161. The quantitative estimate of drug-likeness (QED) is 0.579. The van der Waals surface area contributed by atoms with Gasteiger partial charge in [0.05, 0.1) is 12.2 Å². The third-order valence-electron chi connectivity index (χ3n) is 2.67. The lowest BCUT2D eigenvalue weighted by Crippen LogP contribution is -2.20. The van der Waals surface area contributed by atoms with E-state index in [1.54, 1.807) is 6.07 Å². The zero-order valence-electron chi connectivity index (χ0n) is 12.2. The second kappa shape index (κ2) is 5.46. The van der Waals surface area contributed by atoms with Crippen molar-refractivity contribution in [2.75, 3.05) is 10.7 Å². The molecule has 0 aromatic carbocycles. The van der Waals surface area contributed by atoms with Crippen molar-refractivity contribution in [2.45, 2.75) is 39.7 Å². The van der Waals surface area contributed by atoms with E-state index >= 15 is 0 Å². The van der Waals surface area contributed by atoms with Crippen molar-refractivity contribution in [3.63, 3.8) is 0 Å². The van der Waals surface area contributed by atoms with Gasteiger partial charge in [-0.15, -0.1) is 0 Å². The lowest BCUT2D eigenvalue weighted by molar-refractivity contribution is 0.384. The van der Waals surface area contributed by atoms with Gasteiger partial charge in [0.1, 0.15) is 17.5 Å². The fraction of sp³-hybridized carbons (Fsp3) is 0.462. The van der Waals surface area contributed by atoms with Crippen LogP contribution in [0.1, 0.15) is 38.0 Å². The van der Waals surface area contributed by atoms with Crippen molar-refractivity contribution >= 4 is 11.6 Å². The van der Waals surface area contributed by atoms with E-state index in [0.29, 0.717) is 24.0 Å². The average molecular weight is 276 g/mol. The molecule has 0 aliphatic carbocycles. The monoisotopic (exact) mass is 276 g/mol. The van der Waals surface area contributed by atoms with Crippen LogP contribution in [0.3, 0.4) is 0 Å². The number of aromatic nitrogens is 3. The van der Waals surface area contributed by atoms with Crippen LogP contribution in [-0.2, 0) is 12.0 Å². The molecule has 108 valence electrons. The predicted molar refractivity (Wildman–Crippen MR) is 77.1 cm³/mol. The minimum Gasteiger partial charge on any atom is -0.363 e. The van der Waals surface area contributed by atoms with Gasteiger partial charge in [0, 0.05) is 17.5 Å². The van der Waals surface area contributed by atoms with Crippen molar-refractivity contribution in [1.29, 1.82) is 0 Å². The molecule has 0 saturated carbocycles. The first-order valence-electron chi connectivity index (χ1n) is 6.41. The number of nitrogens with one attached hydrogen (secondary N) is 2. The van der Waals surface area contributed by atoms with Crippen molar-refractivity contribution in [1.82, 2.24) is 15.1 Å². The maximum absolute atomic E-state index is 5.44. The molecule has 2 aromatic rings. The predicted octanol–water partition coefficient (Wildman–Crippen LogP) is 1.97. The fourth-order valence-electron chi connectivity index (χ4n) is 1.62. The first-order chi connectivity index (χ1) is 9.38. The maximum atomic E-state index is 5.44. The van der Waals surface area contributed by atoms with Crippen molar-refractivity contribution in [2.24, 2.45) is 5.84 Å². The van der Waals surface area contributed by atoms with Crippen molar-refractivity contribution in [3.05, 3.63) is 29.4 Å². The summed E-state index contributed by atoms with van der Waals surface area (Å²) in [5.41, 5.74) is 3.25. The van der Waals surface area contributed by atoms with Gasteiger partial charge in [-0.1, -0.05) is 25.9 Å². The summed E-state index contributed by atoms with van der Waals surface area (Å²) in [5, 5.41) is 7.02. The van der Waals surface area contributed by atoms with E-state index in [1.165, 1.54) is 0 Å². The maximum Gasteiger partial charge on any atom is 0.156 e. The molecule has 0 atom stereocenters. The number of aryl methyl sites for hydroxylation is 1. The first kappa shape index (κ1) is 14.3. The molecular weight excluding hydrogens is 256 g/mol. The van der Waals surface area contributed by atoms with E-state index in [0.717, 1.165) is 11.5 Å². The summed E-state index contributed by atoms with van der Waals surface area (Å²) in [7, 11) is 0. The lowest BCUT2D eigenvalue weighted by Gasteiger charge is -2.18. The highest BCUT2D eigenvalue weighted by Gasteiger charge is 2.19. The van der Waals surface area contributed by atoms with Crippen LogP contribution in [0.2, 0.25) is 0 Å². The number of rotatable bonds is 4. The normalized spacial score (nSPS) is 11.4. The third kappa shape index (κ3) is 3.45. The molecule has 0 amide bonds. The molecular formula is C13H20N6O. The van der Waals surface area contributed by atoms with Gasteiger partial charge in [0.25, 0.3) is 0 Å². The zero-order chi connectivity index (χ0) is 14.8. The summed E-state index contributed by atoms with van der Waals surface area (Å²) in [4.78, 5) is 8.85. The summed E-state index contributed by atoms with van der Waals surface area (Å²) in [5.74, 6) is 8.17. The Balaban J connectivity index is 2.18. The van der Waals surface area contributed by atoms with Crippen LogP contribution in [-0.4, -0.2) is 15.1 Å². The van der Waals surface area contributed by atoms with Crippen LogP contribution >= 0.6 is 0 Å². The van der Waals surface area contributed by atoms with E-state index in [4.69, 9.17) is 10.4 Å². The Bertz CT molecular complexity index is 587. The Labute approximate surface area is 117 Å². The molecule has 4 N–H and O–H groups in total. The third-order valence-corrected chi connectivity index (χ3v) is 2.67. The highest BCUT2D eigenvalue weighted by molar-refractivity contribution is 5.47. The Morgan fingerprint density at radius 2 is 1.90 bits per heavy atom. The van der Waals surface area contributed by atoms with Gasteiger partial charge >= 0.3 is 0 Å². The molecule has 7 nitrogen and oxygen atoms in total. The molecule has 2 heterocycles. The van der Waals surface area contributed by atoms with E-state index in [9.17, 15) is 0 Å². The van der Waals surface area contributed by atoms with Crippen LogP contribution in [0.4, 0.5) is 11.6 Å². The highest BCUT2D eigenvalue weighted by atomic mass is 16.5. The van der Waals surface area contributed by atoms with Crippen LogP contribution in [0, 0.1) is 6.92 Å². The number of anilines is 2.